The average Bonchev–Trinajstić information content (AvgIpc) is 2.96. The molecule has 2 aromatic rings. The van der Waals surface area contributed by atoms with Gasteiger partial charge in [-0.1, -0.05) is 0 Å². The van der Waals surface area contributed by atoms with Gasteiger partial charge in [-0.15, -0.1) is 0 Å². The van der Waals surface area contributed by atoms with E-state index in [-0.39, 0.29) is 23.9 Å². The number of carbonyl (C=O) groups is 2. The Morgan fingerprint density at radius 1 is 1.39 bits per heavy atom. The molecule has 0 radical (unpaired) electrons. The topological polar surface area (TPSA) is 76.0 Å². The molecule has 1 fully saturated rings. The maximum absolute atomic E-state index is 12.4. The molecule has 3 rings (SSSR count). The minimum absolute atomic E-state index is 0.00128. The minimum atomic E-state index is -0.252. The zero-order valence-corrected chi connectivity index (χ0v) is 14.8. The first-order chi connectivity index (χ1) is 11.0. The molecule has 1 aromatic heterocycles. The summed E-state index contributed by atoms with van der Waals surface area (Å²) in [6.45, 7) is 0. The van der Waals surface area contributed by atoms with Crippen LogP contribution in [0.4, 0.5) is 0 Å². The molecule has 0 spiro atoms. The van der Waals surface area contributed by atoms with Gasteiger partial charge in [0.05, 0.1) is 18.3 Å². The van der Waals surface area contributed by atoms with E-state index in [1.165, 1.54) is 0 Å². The first-order valence-electron chi connectivity index (χ1n) is 7.37. The van der Waals surface area contributed by atoms with Crippen molar-refractivity contribution in [2.24, 2.45) is 7.05 Å². The molecule has 1 aliphatic heterocycles. The summed E-state index contributed by atoms with van der Waals surface area (Å²) in [6.07, 6.45) is 4.61. The number of hydrogen-bond acceptors (Lipinski definition) is 3. The Kier molecular flexibility index (Phi) is 4.65. The Balaban J connectivity index is 1.77. The first kappa shape index (κ1) is 16.0. The molecule has 2 amide bonds. The van der Waals surface area contributed by atoms with Crippen molar-refractivity contribution in [2.45, 2.75) is 24.9 Å². The van der Waals surface area contributed by atoms with Crippen molar-refractivity contribution >= 4 is 34.4 Å². The van der Waals surface area contributed by atoms with E-state index in [9.17, 15) is 9.59 Å². The van der Waals surface area contributed by atoms with Gasteiger partial charge in [-0.3, -0.25) is 14.3 Å². The third-order valence-electron chi connectivity index (χ3n) is 3.91. The second-order valence-electron chi connectivity index (χ2n) is 5.62. The van der Waals surface area contributed by atoms with E-state index in [1.807, 2.05) is 25.4 Å². The van der Waals surface area contributed by atoms with Gasteiger partial charge in [0.25, 0.3) is 5.91 Å². The number of carbonyl (C=O) groups excluding carboxylic acids is 2. The maximum Gasteiger partial charge on any atom is 0.251 e. The van der Waals surface area contributed by atoms with Crippen molar-refractivity contribution in [3.8, 4) is 0 Å². The van der Waals surface area contributed by atoms with E-state index in [0.717, 1.165) is 9.13 Å². The average molecular weight is 424 g/mol. The van der Waals surface area contributed by atoms with Gasteiger partial charge < -0.3 is 10.6 Å². The van der Waals surface area contributed by atoms with Crippen molar-refractivity contribution in [1.29, 1.82) is 0 Å². The molecule has 1 aliphatic rings. The molecule has 23 heavy (non-hydrogen) atoms. The fourth-order valence-electron chi connectivity index (χ4n) is 2.72. The summed E-state index contributed by atoms with van der Waals surface area (Å²) in [6, 6.07) is 7.00. The number of aryl methyl sites for hydroxylation is 1. The Hall–Kier alpha value is -1.90. The predicted octanol–water partition coefficient (Wildman–Crippen LogP) is 1.77. The third-order valence-corrected chi connectivity index (χ3v) is 4.63. The molecule has 0 aliphatic carbocycles. The van der Waals surface area contributed by atoms with Gasteiger partial charge in [-0.2, -0.15) is 5.10 Å². The lowest BCUT2D eigenvalue weighted by molar-refractivity contribution is -0.123. The largest absolute Gasteiger partial charge is 0.347 e. The molecule has 2 heterocycles. The zero-order valence-electron chi connectivity index (χ0n) is 12.6. The van der Waals surface area contributed by atoms with Crippen LogP contribution in [0, 0.1) is 3.57 Å². The molecule has 1 saturated heterocycles. The fraction of sp³-hybridized carbons (Fsp3) is 0.312. The molecule has 1 aromatic carbocycles. The highest BCUT2D eigenvalue weighted by molar-refractivity contribution is 14.1. The predicted molar refractivity (Wildman–Crippen MR) is 93.7 cm³/mol. The Labute approximate surface area is 147 Å². The van der Waals surface area contributed by atoms with E-state index < -0.39 is 0 Å². The van der Waals surface area contributed by atoms with Gasteiger partial charge in [0.15, 0.2) is 0 Å². The summed E-state index contributed by atoms with van der Waals surface area (Å²) in [5.74, 6) is -0.130. The molecule has 6 nitrogen and oxygen atoms in total. The molecule has 2 N–H and O–H groups in total. The molecule has 120 valence electrons. The van der Waals surface area contributed by atoms with Crippen LogP contribution in [0.15, 0.2) is 36.7 Å². The van der Waals surface area contributed by atoms with Crippen molar-refractivity contribution in [3.63, 3.8) is 0 Å². The molecule has 2 atom stereocenters. The quantitative estimate of drug-likeness (QED) is 0.738. The smallest absolute Gasteiger partial charge is 0.251 e. The third kappa shape index (κ3) is 3.72. The first-order valence-corrected chi connectivity index (χ1v) is 8.45. The van der Waals surface area contributed by atoms with Crippen LogP contribution in [0.3, 0.4) is 0 Å². The second-order valence-corrected chi connectivity index (χ2v) is 6.86. The lowest BCUT2D eigenvalue weighted by atomic mass is 9.93. The summed E-state index contributed by atoms with van der Waals surface area (Å²) < 4.78 is 2.77. The highest BCUT2D eigenvalue weighted by Crippen LogP contribution is 2.24. The van der Waals surface area contributed by atoms with Crippen molar-refractivity contribution in [2.75, 3.05) is 0 Å². The summed E-state index contributed by atoms with van der Waals surface area (Å²) in [5.41, 5.74) is 1.51. The van der Waals surface area contributed by atoms with Gasteiger partial charge in [0, 0.05) is 34.4 Å². The number of hydrogen-bond donors (Lipinski definition) is 2. The van der Waals surface area contributed by atoms with E-state index in [4.69, 9.17) is 0 Å². The standard InChI is InChI=1S/C16H17IN4O2/c1-21-9-11(8-18-21)15-13(6-7-14(22)20-15)19-16(23)10-2-4-12(17)5-3-10/h2-5,8-9,13,15H,6-7H2,1H3,(H,19,23)(H,20,22)/t13-,15-/m0/s1. The fourth-order valence-corrected chi connectivity index (χ4v) is 3.08. The SMILES string of the molecule is Cn1cc([C@@H]2NC(=O)CC[C@@H]2NC(=O)c2ccc(I)cc2)cn1. The Morgan fingerprint density at radius 3 is 2.78 bits per heavy atom. The van der Waals surface area contributed by atoms with Crippen LogP contribution in [0.2, 0.25) is 0 Å². The number of rotatable bonds is 3. The molecule has 0 unspecified atom stereocenters. The van der Waals surface area contributed by atoms with Crippen LogP contribution in [-0.4, -0.2) is 27.6 Å². The number of benzene rings is 1. The lowest BCUT2D eigenvalue weighted by Crippen LogP contribution is -2.50. The maximum atomic E-state index is 12.4. The normalized spacial score (nSPS) is 20.9. The van der Waals surface area contributed by atoms with Crippen molar-refractivity contribution in [1.82, 2.24) is 20.4 Å². The number of nitrogens with one attached hydrogen (secondary N) is 2. The van der Waals surface area contributed by atoms with Crippen LogP contribution < -0.4 is 10.6 Å². The van der Waals surface area contributed by atoms with Crippen molar-refractivity contribution < 1.29 is 9.59 Å². The van der Waals surface area contributed by atoms with Crippen LogP contribution in [-0.2, 0) is 11.8 Å². The second kappa shape index (κ2) is 6.69. The summed E-state index contributed by atoms with van der Waals surface area (Å²) in [7, 11) is 1.83. The summed E-state index contributed by atoms with van der Waals surface area (Å²) >= 11 is 2.20. The highest BCUT2D eigenvalue weighted by atomic mass is 127. The van der Waals surface area contributed by atoms with Gasteiger partial charge in [-0.25, -0.2) is 0 Å². The van der Waals surface area contributed by atoms with Crippen LogP contribution in [0.1, 0.15) is 34.8 Å². The number of halogens is 1. The minimum Gasteiger partial charge on any atom is -0.347 e. The molecule has 7 heteroatoms. The Morgan fingerprint density at radius 2 is 2.13 bits per heavy atom. The van der Waals surface area contributed by atoms with Crippen LogP contribution in [0.5, 0.6) is 0 Å². The van der Waals surface area contributed by atoms with Gasteiger partial charge in [0.2, 0.25) is 5.91 Å². The van der Waals surface area contributed by atoms with E-state index in [0.29, 0.717) is 18.4 Å². The summed E-state index contributed by atoms with van der Waals surface area (Å²) in [5, 5.41) is 10.1. The lowest BCUT2D eigenvalue weighted by Gasteiger charge is -2.32. The molecule has 0 bridgehead atoms. The van der Waals surface area contributed by atoms with Crippen LogP contribution in [0.25, 0.3) is 0 Å². The molecular weight excluding hydrogens is 407 g/mol. The van der Waals surface area contributed by atoms with Gasteiger partial charge in [0.1, 0.15) is 0 Å². The zero-order chi connectivity index (χ0) is 16.4. The van der Waals surface area contributed by atoms with Crippen LogP contribution >= 0.6 is 22.6 Å². The van der Waals surface area contributed by atoms with Crippen molar-refractivity contribution in [3.05, 3.63) is 51.4 Å². The number of nitrogens with zero attached hydrogens (tertiary/aromatic N) is 2. The van der Waals surface area contributed by atoms with Gasteiger partial charge >= 0.3 is 0 Å². The number of amides is 2. The summed E-state index contributed by atoms with van der Waals surface area (Å²) in [4.78, 5) is 24.2. The Bertz CT molecular complexity index is 726. The number of aromatic nitrogens is 2. The van der Waals surface area contributed by atoms with E-state index >= 15 is 0 Å². The molecule has 0 saturated carbocycles. The van der Waals surface area contributed by atoms with E-state index in [1.54, 1.807) is 23.0 Å². The number of piperidine rings is 1. The monoisotopic (exact) mass is 424 g/mol. The van der Waals surface area contributed by atoms with Gasteiger partial charge in [-0.05, 0) is 53.3 Å². The highest BCUT2D eigenvalue weighted by Gasteiger charge is 2.32. The molecular formula is C16H17IN4O2. The van der Waals surface area contributed by atoms with E-state index in [2.05, 4.69) is 38.3 Å².